The lowest BCUT2D eigenvalue weighted by molar-refractivity contribution is -0.182. The molecule has 1 N–H and O–H groups in total. The predicted octanol–water partition coefficient (Wildman–Crippen LogP) is 1.95. The molecule has 0 saturated carbocycles. The average Bonchev–Trinajstić information content (AvgIpc) is 2.60. The van der Waals surface area contributed by atoms with E-state index < -0.39 is 17.3 Å². The van der Waals surface area contributed by atoms with Gasteiger partial charge in [0, 0.05) is 30.4 Å². The molecule has 0 amide bonds. The second kappa shape index (κ2) is 4.41. The van der Waals surface area contributed by atoms with E-state index in [2.05, 4.69) is 10.3 Å². The zero-order chi connectivity index (χ0) is 14.5. The maximum atomic E-state index is 12.3. The van der Waals surface area contributed by atoms with E-state index in [1.54, 1.807) is 12.3 Å². The summed E-state index contributed by atoms with van der Waals surface area (Å²) in [6, 6.07) is 1.69. The first kappa shape index (κ1) is 13.8. The number of carbonyl (C=O) groups excluding carboxylic acids is 1. The fourth-order valence-corrected chi connectivity index (χ4v) is 2.72. The molecule has 2 aliphatic heterocycles. The molecule has 108 valence electrons. The Bertz CT molecular complexity index is 564. The molecule has 1 aromatic heterocycles. The van der Waals surface area contributed by atoms with E-state index in [0.29, 0.717) is 18.2 Å². The molecule has 0 aromatic carbocycles. The first-order valence-corrected chi connectivity index (χ1v) is 6.96. The molecular formula is C14H17ClN2O3. The van der Waals surface area contributed by atoms with Gasteiger partial charge < -0.3 is 14.8 Å². The van der Waals surface area contributed by atoms with Crippen LogP contribution in [0.3, 0.4) is 0 Å². The number of aromatic nitrogens is 1. The average molecular weight is 297 g/mol. The fraction of sp³-hybridized carbons (Fsp3) is 0.571. The van der Waals surface area contributed by atoms with Crippen molar-refractivity contribution in [1.82, 2.24) is 10.3 Å². The number of nitrogens with one attached hydrogen (secondary N) is 1. The summed E-state index contributed by atoms with van der Waals surface area (Å²) in [5.41, 5.74) is 0.678. The molecule has 0 bridgehead atoms. The van der Waals surface area contributed by atoms with Gasteiger partial charge in [0.25, 0.3) is 0 Å². The molecule has 2 aliphatic rings. The van der Waals surface area contributed by atoms with Crippen LogP contribution in [-0.4, -0.2) is 29.6 Å². The molecular weight excluding hydrogens is 280 g/mol. The van der Waals surface area contributed by atoms with E-state index in [9.17, 15) is 4.79 Å². The summed E-state index contributed by atoms with van der Waals surface area (Å²) < 4.78 is 11.4. The third-order valence-corrected chi connectivity index (χ3v) is 3.67. The van der Waals surface area contributed by atoms with Gasteiger partial charge in [-0.1, -0.05) is 11.6 Å². The number of nitrogens with zero attached hydrogens (tertiary/aromatic N) is 1. The predicted molar refractivity (Wildman–Crippen MR) is 73.5 cm³/mol. The number of fused-ring (bicyclic) bond motifs is 2. The van der Waals surface area contributed by atoms with Gasteiger partial charge in [-0.2, -0.15) is 0 Å². The van der Waals surface area contributed by atoms with E-state index >= 15 is 0 Å². The van der Waals surface area contributed by atoms with Crippen LogP contribution >= 0.6 is 11.6 Å². The molecule has 3 rings (SSSR count). The molecule has 1 fully saturated rings. The summed E-state index contributed by atoms with van der Waals surface area (Å²) in [5, 5.41) is 3.52. The summed E-state index contributed by atoms with van der Waals surface area (Å²) in [6.45, 7) is 6.84. The standard InChI is InChI=1S/C14H17ClN2O3/c1-13(2,3)20-12(18)11-8-4-10(15)17-5-9(8)14(19-11)6-16-7-14/h4-5,11,16H,6-7H2,1-3H3. The number of esters is 1. The lowest BCUT2D eigenvalue weighted by Crippen LogP contribution is -2.57. The van der Waals surface area contributed by atoms with Crippen molar-refractivity contribution in [2.24, 2.45) is 0 Å². The summed E-state index contributed by atoms with van der Waals surface area (Å²) in [6.07, 6.45) is 0.968. The van der Waals surface area contributed by atoms with Gasteiger partial charge in [0.2, 0.25) is 0 Å². The Morgan fingerprint density at radius 2 is 2.25 bits per heavy atom. The van der Waals surface area contributed by atoms with Crippen LogP contribution in [0.4, 0.5) is 0 Å². The zero-order valence-electron chi connectivity index (χ0n) is 11.7. The van der Waals surface area contributed by atoms with Crippen molar-refractivity contribution in [3.8, 4) is 0 Å². The maximum Gasteiger partial charge on any atom is 0.340 e. The smallest absolute Gasteiger partial charge is 0.340 e. The van der Waals surface area contributed by atoms with Crippen LogP contribution in [0.1, 0.15) is 38.0 Å². The van der Waals surface area contributed by atoms with Gasteiger partial charge in [-0.05, 0) is 26.8 Å². The molecule has 1 aromatic rings. The third-order valence-electron chi connectivity index (χ3n) is 3.46. The number of ether oxygens (including phenoxy) is 2. The van der Waals surface area contributed by atoms with Crippen molar-refractivity contribution in [3.63, 3.8) is 0 Å². The van der Waals surface area contributed by atoms with E-state index in [-0.39, 0.29) is 5.97 Å². The molecule has 3 heterocycles. The Balaban J connectivity index is 1.95. The van der Waals surface area contributed by atoms with Crippen LogP contribution in [0.15, 0.2) is 12.3 Å². The van der Waals surface area contributed by atoms with Gasteiger partial charge in [0.1, 0.15) is 16.4 Å². The molecule has 5 nitrogen and oxygen atoms in total. The number of halogens is 1. The van der Waals surface area contributed by atoms with E-state index in [4.69, 9.17) is 21.1 Å². The van der Waals surface area contributed by atoms with Gasteiger partial charge in [-0.3, -0.25) is 0 Å². The van der Waals surface area contributed by atoms with Crippen molar-refractivity contribution < 1.29 is 14.3 Å². The van der Waals surface area contributed by atoms with Crippen molar-refractivity contribution in [3.05, 3.63) is 28.5 Å². The van der Waals surface area contributed by atoms with Crippen LogP contribution in [0, 0.1) is 0 Å². The number of carbonyl (C=O) groups is 1. The van der Waals surface area contributed by atoms with Gasteiger partial charge >= 0.3 is 5.97 Å². The van der Waals surface area contributed by atoms with Gasteiger partial charge in [0.15, 0.2) is 6.10 Å². The monoisotopic (exact) mass is 296 g/mol. The molecule has 0 aliphatic carbocycles. The highest BCUT2D eigenvalue weighted by Gasteiger charge is 2.52. The molecule has 20 heavy (non-hydrogen) atoms. The SMILES string of the molecule is CC(C)(C)OC(=O)C1OC2(CNC2)c2cnc(Cl)cc21. The summed E-state index contributed by atoms with van der Waals surface area (Å²) in [7, 11) is 0. The number of hydrogen-bond donors (Lipinski definition) is 1. The lowest BCUT2D eigenvalue weighted by Gasteiger charge is -2.39. The normalized spacial score (nSPS) is 23.3. The van der Waals surface area contributed by atoms with Crippen LogP contribution in [0.25, 0.3) is 0 Å². The number of pyridine rings is 1. The van der Waals surface area contributed by atoms with Crippen molar-refractivity contribution >= 4 is 17.6 Å². The Labute approximate surface area is 122 Å². The fourth-order valence-electron chi connectivity index (χ4n) is 2.55. The molecule has 1 saturated heterocycles. The third kappa shape index (κ3) is 2.20. The zero-order valence-corrected chi connectivity index (χ0v) is 12.5. The van der Waals surface area contributed by atoms with Crippen LogP contribution < -0.4 is 5.32 Å². The molecule has 1 unspecified atom stereocenters. The first-order valence-electron chi connectivity index (χ1n) is 6.58. The first-order chi connectivity index (χ1) is 9.31. The molecule has 1 spiro atoms. The highest BCUT2D eigenvalue weighted by molar-refractivity contribution is 6.29. The summed E-state index contributed by atoms with van der Waals surface area (Å²) in [5.74, 6) is -0.384. The van der Waals surface area contributed by atoms with Gasteiger partial charge in [-0.15, -0.1) is 0 Å². The minimum Gasteiger partial charge on any atom is -0.458 e. The van der Waals surface area contributed by atoms with E-state index in [0.717, 1.165) is 11.1 Å². The lowest BCUT2D eigenvalue weighted by atomic mass is 9.88. The topological polar surface area (TPSA) is 60.5 Å². The van der Waals surface area contributed by atoms with Crippen LogP contribution in [-0.2, 0) is 19.9 Å². The molecule has 6 heteroatoms. The summed E-state index contributed by atoms with van der Waals surface area (Å²) >= 11 is 5.95. The maximum absolute atomic E-state index is 12.3. The second-order valence-corrected chi connectivity index (χ2v) is 6.61. The highest BCUT2D eigenvalue weighted by Crippen LogP contribution is 2.46. The van der Waals surface area contributed by atoms with Crippen LogP contribution in [0.2, 0.25) is 5.15 Å². The Morgan fingerprint density at radius 3 is 2.80 bits per heavy atom. The number of rotatable bonds is 1. The molecule has 0 radical (unpaired) electrons. The molecule has 1 atom stereocenters. The van der Waals surface area contributed by atoms with Crippen molar-refractivity contribution in [2.75, 3.05) is 13.1 Å². The highest BCUT2D eigenvalue weighted by atomic mass is 35.5. The van der Waals surface area contributed by atoms with Gasteiger partial charge in [0.05, 0.1) is 0 Å². The Kier molecular flexibility index (Phi) is 3.04. The second-order valence-electron chi connectivity index (χ2n) is 6.22. The van der Waals surface area contributed by atoms with Crippen LogP contribution in [0.5, 0.6) is 0 Å². The van der Waals surface area contributed by atoms with Gasteiger partial charge in [-0.25, -0.2) is 9.78 Å². The largest absolute Gasteiger partial charge is 0.458 e. The quantitative estimate of drug-likeness (QED) is 0.634. The number of hydrogen-bond acceptors (Lipinski definition) is 5. The van der Waals surface area contributed by atoms with E-state index in [1.165, 1.54) is 0 Å². The Morgan fingerprint density at radius 1 is 1.55 bits per heavy atom. The van der Waals surface area contributed by atoms with Crippen molar-refractivity contribution in [2.45, 2.75) is 38.1 Å². The minimum atomic E-state index is -0.730. The minimum absolute atomic E-state index is 0.352. The summed E-state index contributed by atoms with van der Waals surface area (Å²) in [4.78, 5) is 16.4. The van der Waals surface area contributed by atoms with Crippen molar-refractivity contribution in [1.29, 1.82) is 0 Å². The van der Waals surface area contributed by atoms with E-state index in [1.807, 2.05) is 20.8 Å². The Hall–Kier alpha value is -1.17.